The largest absolute Gasteiger partial charge is 0.421 e. The maximum Gasteiger partial charge on any atom is 0.362 e. The second-order valence-electron chi connectivity index (χ2n) is 6.74. The van der Waals surface area contributed by atoms with Crippen molar-refractivity contribution in [2.24, 2.45) is 0 Å². The number of aryl methyl sites for hydroxylation is 1. The summed E-state index contributed by atoms with van der Waals surface area (Å²) in [5.74, 6) is -0.349. The summed E-state index contributed by atoms with van der Waals surface area (Å²) in [6.45, 7) is 3.79. The van der Waals surface area contributed by atoms with Crippen LogP contribution in [0.4, 0.5) is 0 Å². The molecule has 2 aromatic heterocycles. The Bertz CT molecular complexity index is 1210. The van der Waals surface area contributed by atoms with Crippen LogP contribution in [0.3, 0.4) is 0 Å². The monoisotopic (exact) mass is 372 g/mol. The first-order valence-electron chi connectivity index (χ1n) is 9.31. The first kappa shape index (κ1) is 17.9. The second kappa shape index (κ2) is 7.27. The third kappa shape index (κ3) is 3.16. The molecule has 5 heteroatoms. The first-order valence-corrected chi connectivity index (χ1v) is 9.31. The van der Waals surface area contributed by atoms with Gasteiger partial charge in [0.1, 0.15) is 11.4 Å². The molecule has 5 nitrogen and oxygen atoms in total. The van der Waals surface area contributed by atoms with Crippen molar-refractivity contribution in [3.63, 3.8) is 0 Å². The van der Waals surface area contributed by atoms with Crippen molar-refractivity contribution < 1.29 is 14.3 Å². The molecule has 0 amide bonds. The fourth-order valence-electron chi connectivity index (χ4n) is 3.41. The van der Waals surface area contributed by atoms with Gasteiger partial charge in [0.05, 0.1) is 16.8 Å². The number of esters is 1. The molecule has 4 rings (SSSR count). The van der Waals surface area contributed by atoms with E-state index in [1.54, 1.807) is 30.3 Å². The van der Waals surface area contributed by atoms with Crippen molar-refractivity contribution in [2.75, 3.05) is 0 Å². The van der Waals surface area contributed by atoms with Crippen molar-refractivity contribution >= 4 is 33.6 Å². The van der Waals surface area contributed by atoms with Crippen molar-refractivity contribution in [1.82, 2.24) is 9.97 Å². The molecular weight excluding hydrogens is 352 g/mol. The molecule has 0 unspecified atom stereocenters. The zero-order chi connectivity index (χ0) is 19.7. The molecule has 0 atom stereocenters. The Morgan fingerprint density at radius 1 is 1.04 bits per heavy atom. The van der Waals surface area contributed by atoms with Crippen LogP contribution >= 0.6 is 0 Å². The van der Waals surface area contributed by atoms with E-state index in [0.717, 1.165) is 33.9 Å². The Labute approximate surface area is 162 Å². The minimum Gasteiger partial charge on any atom is -0.421 e. The van der Waals surface area contributed by atoms with Gasteiger partial charge in [-0.25, -0.2) is 9.78 Å². The van der Waals surface area contributed by atoms with Crippen LogP contribution in [0.1, 0.15) is 46.3 Å². The lowest BCUT2D eigenvalue weighted by molar-refractivity contribution is 0.0726. The van der Waals surface area contributed by atoms with Gasteiger partial charge in [-0.1, -0.05) is 37.3 Å². The molecule has 28 heavy (non-hydrogen) atoms. The maximum atomic E-state index is 12.8. The van der Waals surface area contributed by atoms with Crippen LogP contribution in [0.25, 0.3) is 21.8 Å². The molecule has 0 aliphatic rings. The standard InChI is InChI=1S/C23H20N2O3/c1-3-8-20(26)16-10-5-7-12-21(16)28-23(27)19-13-17-15-9-4-6-11-18(15)25-22(17)14(2)24-19/h4-7,9-13,25H,3,8H2,1-2H3. The molecular formula is C23H20N2O3. The lowest BCUT2D eigenvalue weighted by Gasteiger charge is -2.09. The average molecular weight is 372 g/mol. The number of Topliss-reactive ketones (excluding diaryl/α,β-unsaturated/α-hetero) is 1. The average Bonchev–Trinajstić information content (AvgIpc) is 3.08. The number of rotatable bonds is 5. The Kier molecular flexibility index (Phi) is 4.65. The predicted molar refractivity (Wildman–Crippen MR) is 109 cm³/mol. The molecule has 2 heterocycles. The Balaban J connectivity index is 1.72. The molecule has 0 saturated heterocycles. The minimum absolute atomic E-state index is 0.0397. The van der Waals surface area contributed by atoms with Gasteiger partial charge in [-0.05, 0) is 37.6 Å². The number of hydrogen-bond acceptors (Lipinski definition) is 4. The van der Waals surface area contributed by atoms with E-state index in [4.69, 9.17) is 4.74 Å². The summed E-state index contributed by atoms with van der Waals surface area (Å²) in [7, 11) is 0. The minimum atomic E-state index is -0.577. The van der Waals surface area contributed by atoms with E-state index in [1.807, 2.05) is 38.1 Å². The quantitative estimate of drug-likeness (QED) is 0.296. The molecule has 1 N–H and O–H groups in total. The number of H-pyrrole nitrogens is 1. The van der Waals surface area contributed by atoms with E-state index in [-0.39, 0.29) is 17.2 Å². The number of fused-ring (bicyclic) bond motifs is 3. The number of ether oxygens (including phenoxy) is 1. The fraction of sp³-hybridized carbons (Fsp3) is 0.174. The molecule has 0 saturated carbocycles. The van der Waals surface area contributed by atoms with Gasteiger partial charge in [-0.15, -0.1) is 0 Å². The summed E-state index contributed by atoms with van der Waals surface area (Å²) in [4.78, 5) is 32.9. The predicted octanol–water partition coefficient (Wildman–Crippen LogP) is 5.23. The zero-order valence-electron chi connectivity index (χ0n) is 15.8. The molecule has 4 aromatic rings. The van der Waals surface area contributed by atoms with Gasteiger partial charge in [0.25, 0.3) is 0 Å². The number of hydrogen-bond donors (Lipinski definition) is 1. The number of aromatic amines is 1. The SMILES string of the molecule is CCCC(=O)c1ccccc1OC(=O)c1cc2c([nH]c3ccccc32)c(C)n1. The van der Waals surface area contributed by atoms with Crippen LogP contribution in [0.5, 0.6) is 5.75 Å². The smallest absolute Gasteiger partial charge is 0.362 e. The molecule has 0 aliphatic carbocycles. The van der Waals surface area contributed by atoms with Crippen molar-refractivity contribution in [3.05, 3.63) is 71.5 Å². The van der Waals surface area contributed by atoms with Crippen LogP contribution < -0.4 is 4.74 Å². The van der Waals surface area contributed by atoms with Gasteiger partial charge in [-0.3, -0.25) is 4.79 Å². The van der Waals surface area contributed by atoms with Crippen molar-refractivity contribution in [2.45, 2.75) is 26.7 Å². The summed E-state index contributed by atoms with van der Waals surface area (Å²) in [5.41, 5.74) is 3.24. The van der Waals surface area contributed by atoms with Crippen molar-refractivity contribution in [3.8, 4) is 5.75 Å². The van der Waals surface area contributed by atoms with E-state index in [9.17, 15) is 9.59 Å². The summed E-state index contributed by atoms with van der Waals surface area (Å²) < 4.78 is 5.56. The number of benzene rings is 2. The molecule has 0 spiro atoms. The summed E-state index contributed by atoms with van der Waals surface area (Å²) in [6, 6.07) is 16.5. The number of pyridine rings is 1. The van der Waals surface area contributed by atoms with Crippen LogP contribution in [-0.4, -0.2) is 21.7 Å². The van der Waals surface area contributed by atoms with E-state index < -0.39 is 5.97 Å². The highest BCUT2D eigenvalue weighted by molar-refractivity contribution is 6.09. The molecule has 2 aromatic carbocycles. The maximum absolute atomic E-state index is 12.8. The van der Waals surface area contributed by atoms with Gasteiger partial charge in [-0.2, -0.15) is 0 Å². The molecule has 140 valence electrons. The van der Waals surface area contributed by atoms with E-state index in [1.165, 1.54) is 0 Å². The van der Waals surface area contributed by atoms with E-state index in [0.29, 0.717) is 12.0 Å². The highest BCUT2D eigenvalue weighted by Crippen LogP contribution is 2.28. The number of para-hydroxylation sites is 2. The van der Waals surface area contributed by atoms with Crippen LogP contribution in [0, 0.1) is 6.92 Å². The number of nitrogens with one attached hydrogen (secondary N) is 1. The second-order valence-corrected chi connectivity index (χ2v) is 6.74. The summed E-state index contributed by atoms with van der Waals surface area (Å²) in [6.07, 6.45) is 1.15. The Morgan fingerprint density at radius 3 is 2.61 bits per heavy atom. The van der Waals surface area contributed by atoms with E-state index >= 15 is 0 Å². The first-order chi connectivity index (χ1) is 13.6. The number of nitrogens with zero attached hydrogens (tertiary/aromatic N) is 1. The zero-order valence-corrected chi connectivity index (χ0v) is 15.8. The molecule has 0 bridgehead atoms. The lowest BCUT2D eigenvalue weighted by atomic mass is 10.1. The van der Waals surface area contributed by atoms with Gasteiger partial charge in [0.2, 0.25) is 0 Å². The summed E-state index contributed by atoms with van der Waals surface area (Å²) >= 11 is 0. The molecule has 0 aliphatic heterocycles. The van der Waals surface area contributed by atoms with Gasteiger partial charge < -0.3 is 9.72 Å². The van der Waals surface area contributed by atoms with Gasteiger partial charge in [0, 0.05) is 22.7 Å². The van der Waals surface area contributed by atoms with Crippen LogP contribution in [0.2, 0.25) is 0 Å². The number of carbonyl (C=O) groups is 2. The van der Waals surface area contributed by atoms with Crippen molar-refractivity contribution in [1.29, 1.82) is 0 Å². The topological polar surface area (TPSA) is 72.1 Å². The van der Waals surface area contributed by atoms with Crippen LogP contribution in [-0.2, 0) is 0 Å². The lowest BCUT2D eigenvalue weighted by Crippen LogP contribution is -2.13. The van der Waals surface area contributed by atoms with Crippen LogP contribution in [0.15, 0.2) is 54.6 Å². The van der Waals surface area contributed by atoms with Gasteiger partial charge >= 0.3 is 5.97 Å². The molecule has 0 radical (unpaired) electrons. The third-order valence-corrected chi connectivity index (χ3v) is 4.75. The number of carbonyl (C=O) groups excluding carboxylic acids is 2. The Morgan fingerprint density at radius 2 is 1.79 bits per heavy atom. The Hall–Kier alpha value is -3.47. The normalized spacial score (nSPS) is 11.1. The highest BCUT2D eigenvalue weighted by Gasteiger charge is 2.18. The summed E-state index contributed by atoms with van der Waals surface area (Å²) in [5, 5.41) is 1.95. The number of aromatic nitrogens is 2. The van der Waals surface area contributed by atoms with E-state index in [2.05, 4.69) is 9.97 Å². The third-order valence-electron chi connectivity index (χ3n) is 4.75. The number of ketones is 1. The van der Waals surface area contributed by atoms with Gasteiger partial charge in [0.15, 0.2) is 5.78 Å². The fourth-order valence-corrected chi connectivity index (χ4v) is 3.41. The highest BCUT2D eigenvalue weighted by atomic mass is 16.5. The molecule has 0 fully saturated rings.